The second-order valence-corrected chi connectivity index (χ2v) is 5.88. The summed E-state index contributed by atoms with van der Waals surface area (Å²) in [6.07, 6.45) is 3.70. The molecule has 0 atom stereocenters. The summed E-state index contributed by atoms with van der Waals surface area (Å²) in [6, 6.07) is 3.86. The topological polar surface area (TPSA) is 46.1 Å². The van der Waals surface area contributed by atoms with Crippen LogP contribution < -0.4 is 4.90 Å². The summed E-state index contributed by atoms with van der Waals surface area (Å²) in [5.74, 6) is 0.0528. The maximum atomic E-state index is 12.7. The molecule has 3 rings (SSSR count). The molecule has 1 aliphatic rings. The van der Waals surface area contributed by atoms with Gasteiger partial charge in [0.2, 0.25) is 0 Å². The smallest absolute Gasteiger partial charge is 0.270 e. The van der Waals surface area contributed by atoms with Crippen LogP contribution in [0, 0.1) is 13.8 Å². The molecule has 98 valence electrons. The van der Waals surface area contributed by atoms with Crippen molar-refractivity contribution in [3.8, 4) is 0 Å². The molecule has 19 heavy (non-hydrogen) atoms. The average molecular weight is 273 g/mol. The van der Waals surface area contributed by atoms with E-state index in [0.717, 1.165) is 46.3 Å². The number of thiazole rings is 1. The highest BCUT2D eigenvalue weighted by Crippen LogP contribution is 2.28. The number of carbonyl (C=O) groups is 1. The third-order valence-corrected chi connectivity index (χ3v) is 4.36. The van der Waals surface area contributed by atoms with E-state index in [1.54, 1.807) is 6.20 Å². The van der Waals surface area contributed by atoms with Crippen molar-refractivity contribution < 1.29 is 4.79 Å². The summed E-state index contributed by atoms with van der Waals surface area (Å²) in [6.45, 7) is 4.58. The Bertz CT molecular complexity index is 635. The Morgan fingerprint density at radius 2 is 2.26 bits per heavy atom. The average Bonchev–Trinajstić information content (AvgIpc) is 2.76. The van der Waals surface area contributed by atoms with Gasteiger partial charge in [0.05, 0.1) is 22.1 Å². The van der Waals surface area contributed by atoms with Crippen molar-refractivity contribution in [1.29, 1.82) is 0 Å². The molecule has 1 aliphatic heterocycles. The van der Waals surface area contributed by atoms with Gasteiger partial charge in [0.15, 0.2) is 0 Å². The predicted molar refractivity (Wildman–Crippen MR) is 75.8 cm³/mol. The lowest BCUT2D eigenvalue weighted by molar-refractivity contribution is 0.0988. The van der Waals surface area contributed by atoms with Gasteiger partial charge in [-0.1, -0.05) is 0 Å². The van der Waals surface area contributed by atoms with Crippen LogP contribution >= 0.6 is 11.3 Å². The molecule has 0 saturated carbocycles. The monoisotopic (exact) mass is 273 g/mol. The quantitative estimate of drug-likeness (QED) is 0.802. The van der Waals surface area contributed by atoms with Crippen LogP contribution in [0.5, 0.6) is 0 Å². The Labute approximate surface area is 116 Å². The first-order valence-corrected chi connectivity index (χ1v) is 7.18. The highest BCUT2D eigenvalue weighted by molar-refractivity contribution is 7.13. The molecule has 0 radical (unpaired) electrons. The summed E-state index contributed by atoms with van der Waals surface area (Å²) in [4.78, 5) is 24.0. The van der Waals surface area contributed by atoms with E-state index < -0.39 is 0 Å². The van der Waals surface area contributed by atoms with Gasteiger partial charge in [0.25, 0.3) is 5.91 Å². The van der Waals surface area contributed by atoms with E-state index in [-0.39, 0.29) is 5.91 Å². The van der Waals surface area contributed by atoms with Crippen molar-refractivity contribution in [1.82, 2.24) is 9.97 Å². The number of pyridine rings is 1. The molecule has 0 unspecified atom stereocenters. The molecule has 0 spiro atoms. The minimum Gasteiger partial charge on any atom is -0.306 e. The second kappa shape index (κ2) is 4.74. The van der Waals surface area contributed by atoms with Gasteiger partial charge in [-0.2, -0.15) is 0 Å². The Morgan fingerprint density at radius 1 is 1.42 bits per heavy atom. The number of anilines is 1. The zero-order valence-corrected chi connectivity index (χ0v) is 11.8. The van der Waals surface area contributed by atoms with Crippen LogP contribution in [-0.2, 0) is 6.42 Å². The lowest BCUT2D eigenvalue weighted by Crippen LogP contribution is -2.35. The predicted octanol–water partition coefficient (Wildman–Crippen LogP) is 2.75. The third-order valence-electron chi connectivity index (χ3n) is 3.30. The summed E-state index contributed by atoms with van der Waals surface area (Å²) in [5, 5.41) is 0.935. The number of aromatic nitrogens is 2. The van der Waals surface area contributed by atoms with Gasteiger partial charge < -0.3 is 4.90 Å². The number of fused-ring (bicyclic) bond motifs is 1. The third kappa shape index (κ3) is 2.14. The van der Waals surface area contributed by atoms with Crippen LogP contribution in [0.2, 0.25) is 0 Å². The number of hydrogen-bond donors (Lipinski definition) is 0. The fourth-order valence-corrected chi connectivity index (χ4v) is 3.33. The Balaban J connectivity index is 2.00. The fraction of sp³-hybridized carbons (Fsp3) is 0.357. The number of nitrogens with zero attached hydrogens (tertiary/aromatic N) is 3. The van der Waals surface area contributed by atoms with Crippen LogP contribution in [0.3, 0.4) is 0 Å². The van der Waals surface area contributed by atoms with Crippen LogP contribution in [0.1, 0.15) is 32.5 Å². The maximum Gasteiger partial charge on any atom is 0.270 e. The van der Waals surface area contributed by atoms with E-state index in [9.17, 15) is 4.79 Å². The minimum absolute atomic E-state index is 0.0528. The van der Waals surface area contributed by atoms with Crippen LogP contribution in [-0.4, -0.2) is 22.4 Å². The molecular weight excluding hydrogens is 258 g/mol. The number of carbonyl (C=O) groups excluding carboxylic acids is 1. The molecule has 0 bridgehead atoms. The summed E-state index contributed by atoms with van der Waals surface area (Å²) >= 11 is 1.47. The standard InChI is InChI=1S/C14H15N3OS/c1-9-13(19-10(2)16-9)14(18)17-8-4-5-11-12(17)6-3-7-15-11/h3,6-7H,4-5,8H2,1-2H3. The first kappa shape index (κ1) is 12.3. The van der Waals surface area contributed by atoms with Gasteiger partial charge in [0.1, 0.15) is 4.88 Å². The first-order chi connectivity index (χ1) is 9.16. The van der Waals surface area contributed by atoms with Crippen LogP contribution in [0.4, 0.5) is 5.69 Å². The molecule has 0 N–H and O–H groups in total. The zero-order chi connectivity index (χ0) is 13.4. The van der Waals surface area contributed by atoms with Crippen molar-refractivity contribution >= 4 is 22.9 Å². The molecule has 0 saturated heterocycles. The molecule has 5 heteroatoms. The van der Waals surface area contributed by atoms with Gasteiger partial charge in [-0.3, -0.25) is 9.78 Å². The molecule has 0 aromatic carbocycles. The minimum atomic E-state index is 0.0528. The molecule has 1 amide bonds. The molecular formula is C14H15N3OS. The Hall–Kier alpha value is -1.75. The largest absolute Gasteiger partial charge is 0.306 e. The molecule has 0 aliphatic carbocycles. The molecule has 4 nitrogen and oxygen atoms in total. The van der Waals surface area contributed by atoms with E-state index >= 15 is 0 Å². The molecule has 3 heterocycles. The van der Waals surface area contributed by atoms with Crippen LogP contribution in [0.15, 0.2) is 18.3 Å². The van der Waals surface area contributed by atoms with Gasteiger partial charge in [0, 0.05) is 12.7 Å². The number of rotatable bonds is 1. The molecule has 2 aromatic rings. The highest BCUT2D eigenvalue weighted by Gasteiger charge is 2.26. The van der Waals surface area contributed by atoms with E-state index in [4.69, 9.17) is 0 Å². The fourth-order valence-electron chi connectivity index (χ4n) is 2.46. The van der Waals surface area contributed by atoms with E-state index in [0.29, 0.717) is 0 Å². The van der Waals surface area contributed by atoms with Crippen molar-refractivity contribution in [2.75, 3.05) is 11.4 Å². The Kier molecular flexibility index (Phi) is 3.06. The highest BCUT2D eigenvalue weighted by atomic mass is 32.1. The van der Waals surface area contributed by atoms with Crippen molar-refractivity contribution in [2.45, 2.75) is 26.7 Å². The maximum absolute atomic E-state index is 12.7. The van der Waals surface area contributed by atoms with Crippen LogP contribution in [0.25, 0.3) is 0 Å². The van der Waals surface area contributed by atoms with Gasteiger partial charge >= 0.3 is 0 Å². The molecule has 2 aromatic heterocycles. The van der Waals surface area contributed by atoms with Gasteiger partial charge in [-0.05, 0) is 38.8 Å². The summed E-state index contributed by atoms with van der Waals surface area (Å²) < 4.78 is 0. The Morgan fingerprint density at radius 3 is 3.00 bits per heavy atom. The van der Waals surface area contributed by atoms with Gasteiger partial charge in [-0.25, -0.2) is 4.98 Å². The van der Waals surface area contributed by atoms with Crippen molar-refractivity contribution in [3.05, 3.63) is 39.6 Å². The number of aryl methyl sites for hydroxylation is 3. The van der Waals surface area contributed by atoms with Gasteiger partial charge in [-0.15, -0.1) is 11.3 Å². The van der Waals surface area contributed by atoms with Crippen molar-refractivity contribution in [2.24, 2.45) is 0 Å². The summed E-state index contributed by atoms with van der Waals surface area (Å²) in [5.41, 5.74) is 2.79. The molecule has 0 fully saturated rings. The number of hydrogen-bond acceptors (Lipinski definition) is 4. The van der Waals surface area contributed by atoms with Crippen molar-refractivity contribution in [3.63, 3.8) is 0 Å². The normalized spacial score (nSPS) is 14.3. The lowest BCUT2D eigenvalue weighted by Gasteiger charge is -2.28. The second-order valence-electron chi connectivity index (χ2n) is 4.68. The van der Waals surface area contributed by atoms with E-state index in [2.05, 4.69) is 9.97 Å². The lowest BCUT2D eigenvalue weighted by atomic mass is 10.1. The van der Waals surface area contributed by atoms with E-state index in [1.165, 1.54) is 11.3 Å². The zero-order valence-electron chi connectivity index (χ0n) is 11.0. The first-order valence-electron chi connectivity index (χ1n) is 6.36. The number of amides is 1. The SMILES string of the molecule is Cc1nc(C)c(C(=O)N2CCCc3ncccc32)s1. The van der Waals surface area contributed by atoms with E-state index in [1.807, 2.05) is 30.9 Å². The summed E-state index contributed by atoms with van der Waals surface area (Å²) in [7, 11) is 0.